The van der Waals surface area contributed by atoms with Crippen LogP contribution in [0.25, 0.3) is 0 Å². The lowest BCUT2D eigenvalue weighted by Crippen LogP contribution is -2.32. The molecule has 1 aromatic carbocycles. The summed E-state index contributed by atoms with van der Waals surface area (Å²) in [4.78, 5) is 0. The van der Waals surface area contributed by atoms with Gasteiger partial charge in [0.25, 0.3) is 0 Å². The number of alkyl halides is 2. The van der Waals surface area contributed by atoms with Gasteiger partial charge in [0.15, 0.2) is 9.84 Å². The molecule has 0 bridgehead atoms. The lowest BCUT2D eigenvalue weighted by molar-refractivity contribution is 0.185. The van der Waals surface area contributed by atoms with Crippen LogP contribution < -0.4 is 0 Å². The zero-order valence-electron chi connectivity index (χ0n) is 8.19. The number of aliphatic hydroxyl groups is 1. The van der Waals surface area contributed by atoms with Gasteiger partial charge in [0, 0.05) is 11.3 Å². The molecule has 2 atom stereocenters. The fourth-order valence-corrected chi connectivity index (χ4v) is 2.10. The van der Waals surface area contributed by atoms with Gasteiger partial charge in [0.1, 0.15) is 6.10 Å². The molecule has 0 fully saturated rings. The minimum atomic E-state index is -3.66. The molecule has 90 valence electrons. The van der Waals surface area contributed by atoms with Crippen molar-refractivity contribution in [2.45, 2.75) is 9.22 Å². The van der Waals surface area contributed by atoms with Crippen molar-refractivity contribution in [1.82, 2.24) is 0 Å². The van der Waals surface area contributed by atoms with E-state index >= 15 is 0 Å². The van der Waals surface area contributed by atoms with Crippen molar-refractivity contribution in [3.8, 4) is 0 Å². The first kappa shape index (κ1) is 14.3. The topological polar surface area (TPSA) is 54.4 Å². The summed E-state index contributed by atoms with van der Waals surface area (Å²) >= 11 is 14.3. The maximum absolute atomic E-state index is 11.4. The standard InChI is InChI=1S/C9H9BrCl2O3S/c1-16(14,15)9(10,12)8(13)6-2-4-7(11)5-3-6/h2-5,8,13H,1H3/t8-,9+/m1/s1. The average molecular weight is 348 g/mol. The first-order valence-corrected chi connectivity index (χ1v) is 7.61. The van der Waals surface area contributed by atoms with Crippen LogP contribution in [0, 0.1) is 0 Å². The van der Waals surface area contributed by atoms with Gasteiger partial charge in [-0.3, -0.25) is 0 Å². The summed E-state index contributed by atoms with van der Waals surface area (Å²) in [5, 5.41) is 10.4. The second-order valence-corrected chi connectivity index (χ2v) is 8.97. The SMILES string of the molecule is CS(=O)(=O)[C@](Cl)(Br)[C@H](O)c1ccc(Cl)cc1. The quantitative estimate of drug-likeness (QED) is 0.855. The number of benzene rings is 1. The summed E-state index contributed by atoms with van der Waals surface area (Å²) in [5.74, 6) is 0. The fourth-order valence-electron chi connectivity index (χ4n) is 1.04. The Kier molecular flexibility index (Phi) is 4.29. The van der Waals surface area contributed by atoms with Crippen LogP contribution in [0.1, 0.15) is 11.7 Å². The highest BCUT2D eigenvalue weighted by atomic mass is 79.9. The zero-order valence-corrected chi connectivity index (χ0v) is 12.1. The van der Waals surface area contributed by atoms with Crippen molar-refractivity contribution in [3.05, 3.63) is 34.9 Å². The van der Waals surface area contributed by atoms with Crippen LogP contribution in [0.3, 0.4) is 0 Å². The van der Waals surface area contributed by atoms with Gasteiger partial charge in [-0.1, -0.05) is 35.3 Å². The Labute approximate surface area is 112 Å². The monoisotopic (exact) mass is 346 g/mol. The first-order chi connectivity index (χ1) is 7.16. The van der Waals surface area contributed by atoms with Gasteiger partial charge >= 0.3 is 0 Å². The molecule has 7 heteroatoms. The molecule has 0 radical (unpaired) electrons. The minimum absolute atomic E-state index is 0.363. The third kappa shape index (κ3) is 2.90. The average Bonchev–Trinajstić information content (AvgIpc) is 2.16. The number of rotatable bonds is 3. The minimum Gasteiger partial charge on any atom is -0.385 e. The maximum atomic E-state index is 11.4. The molecule has 0 aromatic heterocycles. The van der Waals surface area contributed by atoms with E-state index in [0.29, 0.717) is 10.6 Å². The number of sulfone groups is 1. The summed E-state index contributed by atoms with van der Waals surface area (Å²) < 4.78 is 20.8. The molecule has 0 unspecified atom stereocenters. The van der Waals surface area contributed by atoms with Crippen molar-refractivity contribution in [3.63, 3.8) is 0 Å². The smallest absolute Gasteiger partial charge is 0.228 e. The number of hydrogen-bond acceptors (Lipinski definition) is 3. The zero-order chi connectivity index (χ0) is 12.6. The van der Waals surface area contributed by atoms with Crippen molar-refractivity contribution >= 4 is 49.0 Å². The van der Waals surface area contributed by atoms with E-state index in [1.807, 2.05) is 0 Å². The number of aliphatic hydroxyl groups excluding tert-OH is 1. The largest absolute Gasteiger partial charge is 0.385 e. The highest BCUT2D eigenvalue weighted by molar-refractivity contribution is 9.12. The van der Waals surface area contributed by atoms with E-state index in [1.165, 1.54) is 12.1 Å². The number of halogens is 3. The number of hydrogen-bond donors (Lipinski definition) is 1. The van der Waals surface area contributed by atoms with Crippen molar-refractivity contribution in [2.24, 2.45) is 0 Å². The van der Waals surface area contributed by atoms with Gasteiger partial charge in [0.2, 0.25) is 3.12 Å². The van der Waals surface area contributed by atoms with Crippen molar-refractivity contribution < 1.29 is 13.5 Å². The Hall–Kier alpha value is 0.190. The summed E-state index contributed by atoms with van der Waals surface area (Å²) in [6, 6.07) is 6.11. The molecule has 0 aliphatic heterocycles. The molecule has 1 rings (SSSR count). The predicted octanol–water partition coefficient (Wildman–Crippen LogP) is 2.71. The Balaban J connectivity index is 3.12. The van der Waals surface area contributed by atoms with E-state index < -0.39 is 19.1 Å². The van der Waals surface area contributed by atoms with Crippen molar-refractivity contribution in [2.75, 3.05) is 6.26 Å². The molecule has 1 N–H and O–H groups in total. The molecule has 0 aliphatic carbocycles. The molecular formula is C9H9BrCl2O3S. The van der Waals surface area contributed by atoms with E-state index in [4.69, 9.17) is 23.2 Å². The lowest BCUT2D eigenvalue weighted by atomic mass is 10.1. The van der Waals surface area contributed by atoms with Crippen LogP contribution >= 0.6 is 39.1 Å². The summed E-state index contributed by atoms with van der Waals surface area (Å²) in [5.41, 5.74) is 0.363. The Morgan fingerprint density at radius 1 is 1.38 bits per heavy atom. The molecule has 0 saturated heterocycles. The molecule has 0 saturated carbocycles. The lowest BCUT2D eigenvalue weighted by Gasteiger charge is -2.24. The predicted molar refractivity (Wildman–Crippen MR) is 68.8 cm³/mol. The van der Waals surface area contributed by atoms with Gasteiger partial charge in [-0.05, 0) is 33.6 Å². The van der Waals surface area contributed by atoms with Crippen LogP contribution in [0.2, 0.25) is 5.02 Å². The Morgan fingerprint density at radius 2 is 1.81 bits per heavy atom. The van der Waals surface area contributed by atoms with Crippen LogP contribution in [-0.4, -0.2) is 22.9 Å². The highest BCUT2D eigenvalue weighted by Crippen LogP contribution is 2.42. The molecule has 0 aliphatic rings. The van der Waals surface area contributed by atoms with Gasteiger partial charge in [-0.2, -0.15) is 0 Å². The second kappa shape index (κ2) is 4.82. The molecule has 0 heterocycles. The van der Waals surface area contributed by atoms with Gasteiger partial charge in [-0.25, -0.2) is 8.42 Å². The summed E-state index contributed by atoms with van der Waals surface area (Å²) in [7, 11) is -3.66. The van der Waals surface area contributed by atoms with Gasteiger partial charge in [-0.15, -0.1) is 0 Å². The molecule has 1 aromatic rings. The Morgan fingerprint density at radius 3 is 2.19 bits per heavy atom. The van der Waals surface area contributed by atoms with E-state index in [-0.39, 0.29) is 0 Å². The van der Waals surface area contributed by atoms with Gasteiger partial charge < -0.3 is 5.11 Å². The van der Waals surface area contributed by atoms with Crippen LogP contribution in [0.15, 0.2) is 24.3 Å². The molecule has 16 heavy (non-hydrogen) atoms. The van der Waals surface area contributed by atoms with E-state index in [2.05, 4.69) is 15.9 Å². The summed E-state index contributed by atoms with van der Waals surface area (Å²) in [6.07, 6.45) is -0.449. The van der Waals surface area contributed by atoms with E-state index in [1.54, 1.807) is 12.1 Å². The highest BCUT2D eigenvalue weighted by Gasteiger charge is 2.44. The molecule has 3 nitrogen and oxygen atoms in total. The molecular weight excluding hydrogens is 339 g/mol. The van der Waals surface area contributed by atoms with E-state index in [0.717, 1.165) is 6.26 Å². The molecule has 0 spiro atoms. The van der Waals surface area contributed by atoms with Crippen LogP contribution in [0.5, 0.6) is 0 Å². The second-order valence-electron chi connectivity index (χ2n) is 3.29. The third-order valence-corrected chi connectivity index (χ3v) is 6.71. The maximum Gasteiger partial charge on any atom is 0.228 e. The van der Waals surface area contributed by atoms with Crippen molar-refractivity contribution in [1.29, 1.82) is 0 Å². The normalized spacial score (nSPS) is 17.8. The summed E-state index contributed by atoms with van der Waals surface area (Å²) in [6.45, 7) is 0. The first-order valence-electron chi connectivity index (χ1n) is 4.17. The van der Waals surface area contributed by atoms with E-state index in [9.17, 15) is 13.5 Å². The van der Waals surface area contributed by atoms with Gasteiger partial charge in [0.05, 0.1) is 0 Å². The van der Waals surface area contributed by atoms with Crippen LogP contribution in [0.4, 0.5) is 0 Å². The third-order valence-electron chi connectivity index (χ3n) is 2.00. The van der Waals surface area contributed by atoms with Crippen LogP contribution in [-0.2, 0) is 9.84 Å². The Bertz CT molecular complexity index is 470. The molecule has 0 amide bonds. The fraction of sp³-hybridized carbons (Fsp3) is 0.333.